The predicted octanol–water partition coefficient (Wildman–Crippen LogP) is 4.78. The van der Waals surface area contributed by atoms with Crippen LogP contribution in [0.3, 0.4) is 0 Å². The maximum atomic E-state index is 13.2. The van der Waals surface area contributed by atoms with Gasteiger partial charge >= 0.3 is 6.03 Å². The Morgan fingerprint density at radius 3 is 2.47 bits per heavy atom. The molecule has 2 aromatic carbocycles. The summed E-state index contributed by atoms with van der Waals surface area (Å²) in [5, 5.41) is 3.44. The lowest BCUT2D eigenvalue weighted by atomic mass is 10.3. The van der Waals surface area contributed by atoms with Crippen LogP contribution in [0.25, 0.3) is 0 Å². The van der Waals surface area contributed by atoms with Crippen molar-refractivity contribution in [1.29, 1.82) is 0 Å². The van der Waals surface area contributed by atoms with Gasteiger partial charge in [-0.1, -0.05) is 11.6 Å². The Hall–Kier alpha value is -2.32. The van der Waals surface area contributed by atoms with Gasteiger partial charge in [0.2, 0.25) is 0 Å². The molecule has 0 aromatic heterocycles. The zero-order chi connectivity index (χ0) is 21.7. The zero-order valence-electron chi connectivity index (χ0n) is 16.4. The van der Waals surface area contributed by atoms with Gasteiger partial charge in [-0.3, -0.25) is 4.79 Å². The number of rotatable bonds is 4. The molecule has 0 aliphatic carbocycles. The summed E-state index contributed by atoms with van der Waals surface area (Å²) in [6.45, 7) is 3.56. The number of carbonyl (C=O) groups excluding carboxylic acids is 2. The minimum absolute atomic E-state index is 0.175. The van der Waals surface area contributed by atoms with Crippen LogP contribution in [0, 0.1) is 5.82 Å². The fraction of sp³-hybridized carbons (Fsp3) is 0.333. The standard InChI is InChI=1S/C21H22BrClFN3O3/c1-14(30-19-8-5-16(24)13-18(19)22)20(28)26-9-2-10-27(12-11-26)21(29)25-17-6-3-15(23)4-7-17/h3-8,13-14H,2,9-12H2,1H3,(H,25,29). The number of nitrogens with zero attached hydrogens (tertiary/aromatic N) is 2. The quantitative estimate of drug-likeness (QED) is 0.660. The summed E-state index contributed by atoms with van der Waals surface area (Å²) in [7, 11) is 0. The molecule has 0 bridgehead atoms. The minimum Gasteiger partial charge on any atom is -0.480 e. The molecule has 1 atom stereocenters. The first-order valence-electron chi connectivity index (χ1n) is 9.55. The third kappa shape index (κ3) is 5.86. The molecule has 9 heteroatoms. The van der Waals surface area contributed by atoms with Gasteiger partial charge in [-0.15, -0.1) is 0 Å². The molecule has 1 heterocycles. The molecular formula is C21H22BrClFN3O3. The number of amides is 3. The Morgan fingerprint density at radius 1 is 1.10 bits per heavy atom. The maximum absolute atomic E-state index is 13.2. The number of nitrogens with one attached hydrogen (secondary N) is 1. The van der Waals surface area contributed by atoms with Gasteiger partial charge in [0, 0.05) is 36.9 Å². The second-order valence-corrected chi connectivity index (χ2v) is 8.23. The lowest BCUT2D eigenvalue weighted by Crippen LogP contribution is -2.43. The largest absolute Gasteiger partial charge is 0.480 e. The SMILES string of the molecule is CC(Oc1ccc(F)cc1Br)C(=O)N1CCCN(C(=O)Nc2ccc(Cl)cc2)CC1. The highest BCUT2D eigenvalue weighted by Crippen LogP contribution is 2.26. The van der Waals surface area contributed by atoms with Gasteiger partial charge in [0.1, 0.15) is 11.6 Å². The predicted molar refractivity (Wildman–Crippen MR) is 117 cm³/mol. The molecule has 1 unspecified atom stereocenters. The molecule has 1 saturated heterocycles. The molecule has 1 fully saturated rings. The highest BCUT2D eigenvalue weighted by atomic mass is 79.9. The smallest absolute Gasteiger partial charge is 0.321 e. The van der Waals surface area contributed by atoms with E-state index in [4.69, 9.17) is 16.3 Å². The Morgan fingerprint density at radius 2 is 1.77 bits per heavy atom. The van der Waals surface area contributed by atoms with Crippen molar-refractivity contribution in [2.24, 2.45) is 0 Å². The number of carbonyl (C=O) groups is 2. The third-order valence-electron chi connectivity index (χ3n) is 4.74. The molecule has 1 N–H and O–H groups in total. The van der Waals surface area contributed by atoms with Gasteiger partial charge < -0.3 is 19.9 Å². The van der Waals surface area contributed by atoms with E-state index in [-0.39, 0.29) is 11.9 Å². The molecule has 0 spiro atoms. The van der Waals surface area contributed by atoms with E-state index in [1.54, 1.807) is 41.0 Å². The Kier molecular flexibility index (Phi) is 7.55. The van der Waals surface area contributed by atoms with Gasteiger partial charge in [0.15, 0.2) is 6.10 Å². The normalized spacial score (nSPS) is 15.3. The van der Waals surface area contributed by atoms with Crippen molar-refractivity contribution < 1.29 is 18.7 Å². The summed E-state index contributed by atoms with van der Waals surface area (Å²) in [6.07, 6.45) is -0.0755. The van der Waals surface area contributed by atoms with Crippen molar-refractivity contribution >= 4 is 45.2 Å². The minimum atomic E-state index is -0.735. The summed E-state index contributed by atoms with van der Waals surface area (Å²) >= 11 is 9.11. The molecule has 1 aliphatic heterocycles. The van der Waals surface area contributed by atoms with Crippen LogP contribution in [0.15, 0.2) is 46.9 Å². The fourth-order valence-electron chi connectivity index (χ4n) is 3.15. The first-order valence-corrected chi connectivity index (χ1v) is 10.7. The Bertz CT molecular complexity index is 913. The van der Waals surface area contributed by atoms with Crippen molar-refractivity contribution in [3.63, 3.8) is 0 Å². The van der Waals surface area contributed by atoms with Gasteiger partial charge in [0.25, 0.3) is 5.91 Å². The number of ether oxygens (including phenoxy) is 1. The van der Waals surface area contributed by atoms with E-state index >= 15 is 0 Å². The first-order chi connectivity index (χ1) is 14.3. The van der Waals surface area contributed by atoms with Crippen molar-refractivity contribution in [2.75, 3.05) is 31.5 Å². The first kappa shape index (κ1) is 22.4. The van der Waals surface area contributed by atoms with Crippen molar-refractivity contribution in [1.82, 2.24) is 9.80 Å². The summed E-state index contributed by atoms with van der Waals surface area (Å²) in [5.74, 6) is -0.167. The van der Waals surface area contributed by atoms with Crippen LogP contribution in [0.4, 0.5) is 14.9 Å². The molecule has 160 valence electrons. The molecule has 2 aromatic rings. The van der Waals surface area contributed by atoms with Gasteiger partial charge in [-0.05, 0) is 71.7 Å². The number of anilines is 1. The van der Waals surface area contributed by atoms with Crippen molar-refractivity contribution in [2.45, 2.75) is 19.4 Å². The van der Waals surface area contributed by atoms with Crippen LogP contribution in [0.1, 0.15) is 13.3 Å². The fourth-order valence-corrected chi connectivity index (χ4v) is 3.72. The monoisotopic (exact) mass is 497 g/mol. The Balaban J connectivity index is 1.55. The number of halogens is 3. The lowest BCUT2D eigenvalue weighted by Gasteiger charge is -2.25. The number of hydrogen-bond donors (Lipinski definition) is 1. The zero-order valence-corrected chi connectivity index (χ0v) is 18.7. The van der Waals surface area contributed by atoms with E-state index < -0.39 is 11.9 Å². The van der Waals surface area contributed by atoms with E-state index in [0.717, 1.165) is 0 Å². The van der Waals surface area contributed by atoms with Crippen molar-refractivity contribution in [3.05, 3.63) is 57.8 Å². The summed E-state index contributed by atoms with van der Waals surface area (Å²) in [4.78, 5) is 28.7. The van der Waals surface area contributed by atoms with Gasteiger partial charge in [0.05, 0.1) is 4.47 Å². The van der Waals surface area contributed by atoms with Crippen molar-refractivity contribution in [3.8, 4) is 5.75 Å². The lowest BCUT2D eigenvalue weighted by molar-refractivity contribution is -0.137. The molecule has 3 rings (SSSR count). The van der Waals surface area contributed by atoms with Crippen LogP contribution in [-0.2, 0) is 4.79 Å². The summed E-state index contributed by atoms with van der Waals surface area (Å²) in [5.41, 5.74) is 0.661. The number of benzene rings is 2. The second kappa shape index (κ2) is 10.1. The molecular weight excluding hydrogens is 477 g/mol. The molecule has 0 saturated carbocycles. The Labute approximate surface area is 188 Å². The average Bonchev–Trinajstić information content (AvgIpc) is 2.97. The third-order valence-corrected chi connectivity index (χ3v) is 5.61. The maximum Gasteiger partial charge on any atom is 0.321 e. The molecule has 3 amide bonds. The topological polar surface area (TPSA) is 61.9 Å². The summed E-state index contributed by atoms with van der Waals surface area (Å²) in [6, 6.07) is 10.7. The summed E-state index contributed by atoms with van der Waals surface area (Å²) < 4.78 is 19.4. The molecule has 6 nitrogen and oxygen atoms in total. The van der Waals surface area contributed by atoms with Crippen LogP contribution in [-0.4, -0.2) is 54.0 Å². The van der Waals surface area contributed by atoms with E-state index in [2.05, 4.69) is 21.2 Å². The average molecular weight is 499 g/mol. The van der Waals surface area contributed by atoms with Crippen LogP contribution in [0.2, 0.25) is 5.02 Å². The van der Waals surface area contributed by atoms with Crippen LogP contribution < -0.4 is 10.1 Å². The molecule has 0 radical (unpaired) electrons. The second-order valence-electron chi connectivity index (χ2n) is 6.94. The van der Waals surface area contributed by atoms with Crippen LogP contribution >= 0.6 is 27.5 Å². The molecule has 30 heavy (non-hydrogen) atoms. The van der Waals surface area contributed by atoms with Gasteiger partial charge in [-0.25, -0.2) is 9.18 Å². The number of hydrogen-bond acceptors (Lipinski definition) is 3. The highest BCUT2D eigenvalue weighted by molar-refractivity contribution is 9.10. The highest BCUT2D eigenvalue weighted by Gasteiger charge is 2.26. The molecule has 1 aliphatic rings. The van der Waals surface area contributed by atoms with E-state index in [0.29, 0.717) is 53.5 Å². The van der Waals surface area contributed by atoms with E-state index in [9.17, 15) is 14.0 Å². The van der Waals surface area contributed by atoms with Gasteiger partial charge in [-0.2, -0.15) is 0 Å². The van der Waals surface area contributed by atoms with Crippen LogP contribution in [0.5, 0.6) is 5.75 Å². The van der Waals surface area contributed by atoms with E-state index in [1.165, 1.54) is 18.2 Å². The number of urea groups is 1. The van der Waals surface area contributed by atoms with E-state index in [1.807, 2.05) is 0 Å².